The molecule has 17 heavy (non-hydrogen) atoms. The summed E-state index contributed by atoms with van der Waals surface area (Å²) < 4.78 is 25.6. The van der Waals surface area contributed by atoms with E-state index < -0.39 is 10.8 Å². The molecule has 2 atom stereocenters. The van der Waals surface area contributed by atoms with Crippen LogP contribution in [0.3, 0.4) is 0 Å². The van der Waals surface area contributed by atoms with E-state index in [2.05, 4.69) is 21.2 Å². The summed E-state index contributed by atoms with van der Waals surface area (Å²) in [7, 11) is -0.773. The lowest BCUT2D eigenvalue weighted by Gasteiger charge is -2.15. The lowest BCUT2D eigenvalue weighted by atomic mass is 10.1. The van der Waals surface area contributed by atoms with Gasteiger partial charge in [-0.3, -0.25) is 4.21 Å². The average molecular weight is 322 g/mol. The topological polar surface area (TPSA) is 29.1 Å². The first kappa shape index (κ1) is 14.8. The standard InChI is InChI=1S/C12H17BrFNOS/c1-3-17(16)7-6-15-9(2)11-5-4-10(13)8-12(11)14/h4-5,8-9,15H,3,6-7H2,1-2H3. The van der Waals surface area contributed by atoms with Crippen LogP contribution in [0.1, 0.15) is 25.5 Å². The molecule has 0 aromatic heterocycles. The molecule has 0 fully saturated rings. The van der Waals surface area contributed by atoms with Crippen LogP contribution < -0.4 is 5.32 Å². The van der Waals surface area contributed by atoms with Gasteiger partial charge < -0.3 is 5.32 Å². The molecule has 2 unspecified atom stereocenters. The van der Waals surface area contributed by atoms with Crippen LogP contribution in [-0.4, -0.2) is 22.3 Å². The molecule has 0 saturated heterocycles. The fourth-order valence-electron chi connectivity index (χ4n) is 1.50. The van der Waals surface area contributed by atoms with Gasteiger partial charge in [0.25, 0.3) is 0 Å². The summed E-state index contributed by atoms with van der Waals surface area (Å²) in [5, 5.41) is 3.18. The van der Waals surface area contributed by atoms with Gasteiger partial charge in [0, 0.05) is 44.9 Å². The summed E-state index contributed by atoms with van der Waals surface area (Å²) in [6.07, 6.45) is 0. The van der Waals surface area contributed by atoms with Crippen LogP contribution in [-0.2, 0) is 10.8 Å². The predicted molar refractivity (Wildman–Crippen MR) is 74.1 cm³/mol. The molecule has 5 heteroatoms. The molecular weight excluding hydrogens is 305 g/mol. The molecule has 0 bridgehead atoms. The predicted octanol–water partition coefficient (Wildman–Crippen LogP) is 3.01. The van der Waals surface area contributed by atoms with Crippen LogP contribution in [0.15, 0.2) is 22.7 Å². The van der Waals surface area contributed by atoms with Crippen molar-refractivity contribution in [2.75, 3.05) is 18.1 Å². The minimum atomic E-state index is -0.773. The molecule has 0 aliphatic heterocycles. The number of benzene rings is 1. The van der Waals surface area contributed by atoms with Gasteiger partial charge >= 0.3 is 0 Å². The summed E-state index contributed by atoms with van der Waals surface area (Å²) in [5.41, 5.74) is 0.635. The monoisotopic (exact) mass is 321 g/mol. The van der Waals surface area contributed by atoms with Gasteiger partial charge in [-0.2, -0.15) is 0 Å². The van der Waals surface area contributed by atoms with Crippen molar-refractivity contribution in [3.63, 3.8) is 0 Å². The summed E-state index contributed by atoms with van der Waals surface area (Å²) in [5.74, 6) is 1.05. The lowest BCUT2D eigenvalue weighted by Crippen LogP contribution is -2.24. The van der Waals surface area contributed by atoms with E-state index in [4.69, 9.17) is 0 Å². The van der Waals surface area contributed by atoms with Crippen LogP contribution in [0.2, 0.25) is 0 Å². The molecule has 96 valence electrons. The molecule has 1 aromatic carbocycles. The van der Waals surface area contributed by atoms with Crippen molar-refractivity contribution in [3.05, 3.63) is 34.1 Å². The molecule has 0 heterocycles. The van der Waals surface area contributed by atoms with Crippen LogP contribution >= 0.6 is 15.9 Å². The smallest absolute Gasteiger partial charge is 0.129 e. The van der Waals surface area contributed by atoms with E-state index in [0.29, 0.717) is 23.6 Å². The fourth-order valence-corrected chi connectivity index (χ4v) is 2.46. The molecular formula is C12H17BrFNOS. The molecule has 0 aliphatic carbocycles. The van der Waals surface area contributed by atoms with Crippen molar-refractivity contribution < 1.29 is 8.60 Å². The van der Waals surface area contributed by atoms with E-state index in [1.807, 2.05) is 19.9 Å². The Morgan fingerprint density at radius 1 is 1.53 bits per heavy atom. The van der Waals surface area contributed by atoms with E-state index >= 15 is 0 Å². The van der Waals surface area contributed by atoms with Gasteiger partial charge in [0.05, 0.1) is 0 Å². The molecule has 1 aromatic rings. The highest BCUT2D eigenvalue weighted by Gasteiger charge is 2.10. The van der Waals surface area contributed by atoms with Gasteiger partial charge in [0.2, 0.25) is 0 Å². The maximum Gasteiger partial charge on any atom is 0.129 e. The molecule has 0 amide bonds. The molecule has 1 rings (SSSR count). The van der Waals surface area contributed by atoms with E-state index in [1.54, 1.807) is 6.07 Å². The number of nitrogens with one attached hydrogen (secondary N) is 1. The number of rotatable bonds is 6. The Hall–Kier alpha value is -0.260. The highest BCUT2D eigenvalue weighted by Crippen LogP contribution is 2.20. The number of hydrogen-bond acceptors (Lipinski definition) is 2. The van der Waals surface area contributed by atoms with Crippen LogP contribution in [0.25, 0.3) is 0 Å². The van der Waals surface area contributed by atoms with Crippen molar-refractivity contribution in [2.24, 2.45) is 0 Å². The van der Waals surface area contributed by atoms with Crippen LogP contribution in [0, 0.1) is 5.82 Å². The first-order chi connectivity index (χ1) is 8.04. The van der Waals surface area contributed by atoms with E-state index in [-0.39, 0.29) is 11.9 Å². The minimum Gasteiger partial charge on any atom is -0.309 e. The zero-order chi connectivity index (χ0) is 12.8. The zero-order valence-electron chi connectivity index (χ0n) is 10.0. The van der Waals surface area contributed by atoms with Gasteiger partial charge in [-0.15, -0.1) is 0 Å². The highest BCUT2D eigenvalue weighted by atomic mass is 79.9. The second-order valence-electron chi connectivity index (χ2n) is 3.77. The van der Waals surface area contributed by atoms with Gasteiger partial charge in [0.15, 0.2) is 0 Å². The van der Waals surface area contributed by atoms with Gasteiger partial charge in [-0.05, 0) is 19.1 Å². The minimum absolute atomic E-state index is 0.0723. The van der Waals surface area contributed by atoms with Gasteiger partial charge in [0.1, 0.15) is 5.82 Å². The quantitative estimate of drug-likeness (QED) is 0.872. The first-order valence-electron chi connectivity index (χ1n) is 5.58. The van der Waals surface area contributed by atoms with Crippen molar-refractivity contribution in [1.29, 1.82) is 0 Å². The number of halogens is 2. The van der Waals surface area contributed by atoms with E-state index in [1.165, 1.54) is 6.07 Å². The average Bonchev–Trinajstić information content (AvgIpc) is 2.28. The van der Waals surface area contributed by atoms with Crippen molar-refractivity contribution >= 4 is 26.7 Å². The Morgan fingerprint density at radius 2 is 2.24 bits per heavy atom. The third-order valence-corrected chi connectivity index (χ3v) is 4.33. The van der Waals surface area contributed by atoms with Crippen LogP contribution in [0.5, 0.6) is 0 Å². The summed E-state index contributed by atoms with van der Waals surface area (Å²) in [6.45, 7) is 4.44. The first-order valence-corrected chi connectivity index (χ1v) is 7.86. The summed E-state index contributed by atoms with van der Waals surface area (Å²) >= 11 is 3.23. The Bertz CT molecular complexity index is 400. The Morgan fingerprint density at radius 3 is 2.82 bits per heavy atom. The maximum absolute atomic E-state index is 13.6. The van der Waals surface area contributed by atoms with E-state index in [0.717, 1.165) is 4.47 Å². The number of hydrogen-bond donors (Lipinski definition) is 1. The zero-order valence-corrected chi connectivity index (χ0v) is 12.4. The Kier molecular flexibility index (Phi) is 6.30. The van der Waals surface area contributed by atoms with Gasteiger partial charge in [-0.25, -0.2) is 4.39 Å². The van der Waals surface area contributed by atoms with Crippen LogP contribution in [0.4, 0.5) is 4.39 Å². The second-order valence-corrected chi connectivity index (χ2v) is 6.56. The molecule has 0 radical (unpaired) electrons. The third kappa shape index (κ3) is 4.85. The summed E-state index contributed by atoms with van der Waals surface area (Å²) in [6, 6.07) is 4.96. The lowest BCUT2D eigenvalue weighted by molar-refractivity contribution is 0.540. The largest absolute Gasteiger partial charge is 0.309 e. The molecule has 0 spiro atoms. The van der Waals surface area contributed by atoms with Crippen molar-refractivity contribution in [2.45, 2.75) is 19.9 Å². The van der Waals surface area contributed by atoms with E-state index in [9.17, 15) is 8.60 Å². The molecule has 0 saturated carbocycles. The molecule has 1 N–H and O–H groups in total. The Balaban J connectivity index is 2.52. The van der Waals surface area contributed by atoms with Gasteiger partial charge in [-0.1, -0.05) is 28.9 Å². The molecule has 2 nitrogen and oxygen atoms in total. The highest BCUT2D eigenvalue weighted by molar-refractivity contribution is 9.10. The normalized spacial score (nSPS) is 14.6. The van der Waals surface area contributed by atoms with Crippen molar-refractivity contribution in [3.8, 4) is 0 Å². The fraction of sp³-hybridized carbons (Fsp3) is 0.500. The maximum atomic E-state index is 13.6. The second kappa shape index (κ2) is 7.24. The SMILES string of the molecule is CCS(=O)CCNC(C)c1ccc(Br)cc1F. The van der Waals surface area contributed by atoms with Crippen molar-refractivity contribution in [1.82, 2.24) is 5.32 Å². The summed E-state index contributed by atoms with van der Waals surface area (Å²) in [4.78, 5) is 0. The molecule has 0 aliphatic rings. The third-order valence-electron chi connectivity index (χ3n) is 2.53. The Labute approximate surface area is 113 Å².